The molecule has 0 saturated carbocycles. The topological polar surface area (TPSA) is 201 Å². The minimum atomic E-state index is -2.74. The van der Waals surface area contributed by atoms with Crippen molar-refractivity contribution in [2.75, 3.05) is 0 Å². The molecule has 0 aromatic carbocycles. The van der Waals surface area contributed by atoms with Gasteiger partial charge < -0.3 is 31.0 Å². The van der Waals surface area contributed by atoms with Gasteiger partial charge in [0, 0.05) is 6.42 Å². The fraction of sp³-hybridized carbons (Fsp3) is 0.556. The minimum Gasteiger partial charge on any atom is -0.481 e. The summed E-state index contributed by atoms with van der Waals surface area (Å²) >= 11 is 0. The maximum atomic E-state index is 10.3. The van der Waals surface area contributed by atoms with Crippen LogP contribution in [0.4, 0.5) is 0 Å². The lowest BCUT2D eigenvalue weighted by Crippen LogP contribution is -2.42. The first-order valence-electron chi connectivity index (χ1n) is 4.66. The van der Waals surface area contributed by atoms with Crippen molar-refractivity contribution in [2.24, 2.45) is 0 Å². The van der Waals surface area contributed by atoms with Gasteiger partial charge in [-0.25, -0.2) is 4.79 Å². The van der Waals surface area contributed by atoms with Gasteiger partial charge in [-0.1, -0.05) is 6.92 Å². The molecule has 0 bridgehead atoms. The molecule has 0 aromatic rings. The second-order valence-corrected chi connectivity index (χ2v) is 3.23. The summed E-state index contributed by atoms with van der Waals surface area (Å²) < 4.78 is 0. The number of aliphatic carboxylic acids is 4. The number of hydrogen-bond donors (Lipinski definition) is 5. The molecule has 0 saturated heterocycles. The lowest BCUT2D eigenvalue weighted by molar-refractivity contribution is -0.170. The fourth-order valence-corrected chi connectivity index (χ4v) is 0.714. The number of hydrogen-bond acceptors (Lipinski definition) is 5. The van der Waals surface area contributed by atoms with E-state index in [0.717, 1.165) is 0 Å². The quantitative estimate of drug-likeness (QED) is 0.381. The zero-order chi connectivity index (χ0) is 14.9. The first-order valence-corrected chi connectivity index (χ1v) is 4.66. The molecule has 19 heavy (non-hydrogen) atoms. The third-order valence-electron chi connectivity index (χ3n) is 1.59. The van der Waals surface area contributed by atoms with Crippen molar-refractivity contribution in [1.29, 1.82) is 0 Å². The number of carboxylic acid groups (broad SMARTS) is 4. The van der Waals surface area contributed by atoms with Crippen molar-refractivity contribution in [3.8, 4) is 0 Å². The van der Waals surface area contributed by atoms with Crippen molar-refractivity contribution in [3.63, 3.8) is 0 Å². The van der Waals surface area contributed by atoms with Crippen LogP contribution in [0.2, 0.25) is 0 Å². The summed E-state index contributed by atoms with van der Waals surface area (Å²) in [5.74, 6) is -5.76. The van der Waals surface area contributed by atoms with Gasteiger partial charge in [0.1, 0.15) is 0 Å². The third-order valence-corrected chi connectivity index (χ3v) is 1.59. The van der Waals surface area contributed by atoms with Crippen LogP contribution >= 0.6 is 0 Å². The molecule has 0 radical (unpaired) electrons. The summed E-state index contributed by atoms with van der Waals surface area (Å²) in [4.78, 5) is 39.9. The van der Waals surface area contributed by atoms with E-state index in [1.165, 1.54) is 0 Å². The standard InChI is InChI=1S/C6H8O7.C3H6O2.H2O/c7-3(8)1-6(13,5(11)12)2-4(9)10;1-2-3(4)5;/h13H,1-2H2,(H,7,8)(H,9,10)(H,11,12);2H2,1H3,(H,4,5);1H2. The predicted molar refractivity (Wildman–Crippen MR) is 58.6 cm³/mol. The maximum absolute atomic E-state index is 10.3. The number of rotatable bonds is 6. The molecule has 10 heteroatoms. The van der Waals surface area contributed by atoms with Crippen molar-refractivity contribution in [1.82, 2.24) is 0 Å². The molecule has 0 rings (SSSR count). The van der Waals surface area contributed by atoms with Crippen molar-refractivity contribution >= 4 is 23.9 Å². The van der Waals surface area contributed by atoms with Crippen LogP contribution in [0.25, 0.3) is 0 Å². The average molecular weight is 284 g/mol. The number of aliphatic hydroxyl groups is 1. The molecule has 0 aromatic heterocycles. The Labute approximate surface area is 107 Å². The van der Waals surface area contributed by atoms with E-state index in [0.29, 0.717) is 0 Å². The number of carbonyl (C=O) groups is 4. The summed E-state index contributed by atoms with van der Waals surface area (Å²) in [5, 5.41) is 41.5. The highest BCUT2D eigenvalue weighted by Gasteiger charge is 2.40. The van der Waals surface area contributed by atoms with Crippen molar-refractivity contribution < 1.29 is 50.2 Å². The van der Waals surface area contributed by atoms with E-state index in [2.05, 4.69) is 0 Å². The third kappa shape index (κ3) is 12.1. The van der Waals surface area contributed by atoms with E-state index in [4.69, 9.17) is 25.5 Å². The Morgan fingerprint density at radius 2 is 1.11 bits per heavy atom. The molecule has 0 fully saturated rings. The molecule has 0 unspecified atom stereocenters. The molecule has 0 aliphatic carbocycles. The summed E-state index contributed by atoms with van der Waals surface area (Å²) in [6.07, 6.45) is -2.07. The van der Waals surface area contributed by atoms with Crippen LogP contribution in [-0.4, -0.2) is 60.5 Å². The van der Waals surface area contributed by atoms with E-state index in [1.807, 2.05) is 0 Å². The van der Waals surface area contributed by atoms with Crippen LogP contribution in [0.15, 0.2) is 0 Å². The van der Waals surface area contributed by atoms with Crippen molar-refractivity contribution in [3.05, 3.63) is 0 Å². The van der Waals surface area contributed by atoms with E-state index in [9.17, 15) is 19.2 Å². The van der Waals surface area contributed by atoms with Crippen LogP contribution < -0.4 is 0 Å². The monoisotopic (exact) mass is 284 g/mol. The highest BCUT2D eigenvalue weighted by Crippen LogP contribution is 2.15. The molecule has 10 nitrogen and oxygen atoms in total. The Hall–Kier alpha value is -2.20. The molecule has 0 heterocycles. The van der Waals surface area contributed by atoms with Gasteiger partial charge in [0.25, 0.3) is 0 Å². The maximum Gasteiger partial charge on any atom is 0.336 e. The van der Waals surface area contributed by atoms with Crippen LogP contribution in [0, 0.1) is 0 Å². The molecule has 0 aliphatic heterocycles. The van der Waals surface area contributed by atoms with Gasteiger partial charge in [-0.2, -0.15) is 0 Å². The second-order valence-electron chi connectivity index (χ2n) is 3.23. The van der Waals surface area contributed by atoms with Crippen LogP contribution in [0.3, 0.4) is 0 Å². The SMILES string of the molecule is CCC(=O)O.O.O=C(O)CC(O)(CC(=O)O)C(=O)O. The van der Waals surface area contributed by atoms with Gasteiger partial charge in [0.15, 0.2) is 5.60 Å². The smallest absolute Gasteiger partial charge is 0.336 e. The van der Waals surface area contributed by atoms with Crippen LogP contribution in [0.5, 0.6) is 0 Å². The largest absolute Gasteiger partial charge is 0.481 e. The van der Waals surface area contributed by atoms with Gasteiger partial charge in [-0.05, 0) is 0 Å². The zero-order valence-corrected chi connectivity index (χ0v) is 9.99. The molecular weight excluding hydrogens is 268 g/mol. The summed E-state index contributed by atoms with van der Waals surface area (Å²) in [6, 6.07) is 0. The van der Waals surface area contributed by atoms with Crippen LogP contribution in [-0.2, 0) is 19.2 Å². The van der Waals surface area contributed by atoms with E-state index < -0.39 is 42.3 Å². The summed E-state index contributed by atoms with van der Waals surface area (Å²) in [7, 11) is 0. The molecule has 7 N–H and O–H groups in total. The second kappa shape index (κ2) is 9.79. The van der Waals surface area contributed by atoms with Gasteiger partial charge in [0.05, 0.1) is 12.8 Å². The first kappa shape index (κ1) is 22.0. The molecule has 112 valence electrons. The van der Waals surface area contributed by atoms with Gasteiger partial charge >= 0.3 is 23.9 Å². The Morgan fingerprint density at radius 1 is 0.842 bits per heavy atom. The minimum absolute atomic E-state index is 0. The normalized spacial score (nSPS) is 9.37. The number of carboxylic acids is 4. The molecule has 0 atom stereocenters. The lowest BCUT2D eigenvalue weighted by atomic mass is 9.96. The van der Waals surface area contributed by atoms with Gasteiger partial charge in [-0.15, -0.1) is 0 Å². The zero-order valence-electron chi connectivity index (χ0n) is 9.99. The van der Waals surface area contributed by atoms with E-state index in [1.54, 1.807) is 6.92 Å². The Kier molecular flexibility index (Phi) is 11.3. The molecule has 0 amide bonds. The summed E-state index contributed by atoms with van der Waals surface area (Å²) in [6.45, 7) is 1.60. The average Bonchev–Trinajstić information content (AvgIpc) is 2.15. The van der Waals surface area contributed by atoms with Crippen molar-refractivity contribution in [2.45, 2.75) is 31.8 Å². The highest BCUT2D eigenvalue weighted by molar-refractivity contribution is 5.88. The molecule has 0 aliphatic rings. The summed E-state index contributed by atoms with van der Waals surface area (Å²) in [5.41, 5.74) is -2.74. The lowest BCUT2D eigenvalue weighted by Gasteiger charge is -2.18. The van der Waals surface area contributed by atoms with Gasteiger partial charge in [0.2, 0.25) is 0 Å². The molecule has 0 spiro atoms. The van der Waals surface area contributed by atoms with E-state index in [-0.39, 0.29) is 11.9 Å². The Balaban J connectivity index is -0.000000366. The Bertz CT molecular complexity index is 318. The fourth-order valence-electron chi connectivity index (χ4n) is 0.714. The predicted octanol–water partition coefficient (Wildman–Crippen LogP) is -1.59. The van der Waals surface area contributed by atoms with Crippen LogP contribution in [0.1, 0.15) is 26.2 Å². The first-order chi connectivity index (χ1) is 8.05. The van der Waals surface area contributed by atoms with E-state index >= 15 is 0 Å². The Morgan fingerprint density at radius 3 is 1.21 bits per heavy atom. The highest BCUT2D eigenvalue weighted by atomic mass is 16.4. The van der Waals surface area contributed by atoms with Gasteiger partial charge in [-0.3, -0.25) is 14.4 Å². The molecular formula is C9H16O10.